The first-order valence-corrected chi connectivity index (χ1v) is 7.07. The zero-order chi connectivity index (χ0) is 17.1. The van der Waals surface area contributed by atoms with Crippen molar-refractivity contribution in [3.63, 3.8) is 0 Å². The fourth-order valence-corrected chi connectivity index (χ4v) is 2.67. The van der Waals surface area contributed by atoms with Crippen LogP contribution < -0.4 is 10.6 Å². The quantitative estimate of drug-likeness (QED) is 0.614. The molecule has 4 N–H and O–H groups in total. The van der Waals surface area contributed by atoms with Crippen molar-refractivity contribution in [2.45, 2.75) is 11.7 Å². The molecule has 1 fully saturated rings. The molecule has 1 heterocycles. The molecule has 0 unspecified atom stereocenters. The smallest absolute Gasteiger partial charge is 0.335 e. The summed E-state index contributed by atoms with van der Waals surface area (Å²) in [6.45, 7) is 0. The lowest BCUT2D eigenvalue weighted by Crippen LogP contribution is -2.27. The number of anilines is 1. The van der Waals surface area contributed by atoms with Crippen LogP contribution in [0.5, 0.6) is 0 Å². The van der Waals surface area contributed by atoms with Gasteiger partial charge in [-0.25, -0.2) is 9.59 Å². The molecule has 3 amide bonds. The number of aromatic carboxylic acids is 2. The third-order valence-electron chi connectivity index (χ3n) is 2.85. The number of thioether (sulfide) groups is 1. The van der Waals surface area contributed by atoms with Crippen molar-refractivity contribution in [1.82, 2.24) is 5.32 Å². The van der Waals surface area contributed by atoms with Crippen LogP contribution in [0.3, 0.4) is 0 Å². The van der Waals surface area contributed by atoms with E-state index in [9.17, 15) is 24.0 Å². The number of carboxylic acid groups (broad SMARTS) is 2. The molecule has 1 aliphatic rings. The molecule has 0 aromatic heterocycles. The molecule has 23 heavy (non-hydrogen) atoms. The summed E-state index contributed by atoms with van der Waals surface area (Å²) < 4.78 is 0. The lowest BCUT2D eigenvalue weighted by Gasteiger charge is -2.09. The first kappa shape index (κ1) is 16.5. The molecule has 9 nitrogen and oxygen atoms in total. The number of carbonyl (C=O) groups excluding carboxylic acids is 3. The van der Waals surface area contributed by atoms with Crippen LogP contribution in [0.4, 0.5) is 10.5 Å². The summed E-state index contributed by atoms with van der Waals surface area (Å²) in [6, 6.07) is 3.15. The van der Waals surface area contributed by atoms with E-state index in [0.717, 1.165) is 18.2 Å². The molecule has 1 saturated heterocycles. The number of rotatable bonds is 5. The highest BCUT2D eigenvalue weighted by Crippen LogP contribution is 2.23. The fraction of sp³-hybridized carbons (Fsp3) is 0.154. The van der Waals surface area contributed by atoms with Gasteiger partial charge in [-0.2, -0.15) is 0 Å². The molecular formula is C13H10N2O7S. The van der Waals surface area contributed by atoms with Crippen molar-refractivity contribution in [3.8, 4) is 0 Å². The summed E-state index contributed by atoms with van der Waals surface area (Å²) in [5.74, 6) is -3.92. The van der Waals surface area contributed by atoms with Crippen molar-refractivity contribution in [2.24, 2.45) is 0 Å². The number of hydrogen-bond donors (Lipinski definition) is 4. The summed E-state index contributed by atoms with van der Waals surface area (Å²) in [5, 5.41) is 20.8. The van der Waals surface area contributed by atoms with Crippen LogP contribution in [0, 0.1) is 0 Å². The van der Waals surface area contributed by atoms with E-state index >= 15 is 0 Å². The first-order chi connectivity index (χ1) is 10.8. The van der Waals surface area contributed by atoms with Gasteiger partial charge in [0.25, 0.3) is 5.24 Å². The Balaban J connectivity index is 2.14. The van der Waals surface area contributed by atoms with Crippen LogP contribution in [0.2, 0.25) is 0 Å². The fourth-order valence-electron chi connectivity index (χ4n) is 1.85. The van der Waals surface area contributed by atoms with Crippen molar-refractivity contribution < 1.29 is 34.2 Å². The zero-order valence-electron chi connectivity index (χ0n) is 11.4. The molecule has 0 aliphatic carbocycles. The topological polar surface area (TPSA) is 150 Å². The molecule has 1 aliphatic heterocycles. The monoisotopic (exact) mass is 338 g/mol. The van der Waals surface area contributed by atoms with Crippen molar-refractivity contribution in [2.75, 3.05) is 5.32 Å². The van der Waals surface area contributed by atoms with Gasteiger partial charge >= 0.3 is 11.9 Å². The Morgan fingerprint density at radius 2 is 1.65 bits per heavy atom. The maximum Gasteiger partial charge on any atom is 0.335 e. The largest absolute Gasteiger partial charge is 0.478 e. The van der Waals surface area contributed by atoms with Crippen LogP contribution >= 0.6 is 11.8 Å². The Labute approximate surface area is 133 Å². The molecular weight excluding hydrogens is 328 g/mol. The third-order valence-corrected chi connectivity index (χ3v) is 3.83. The summed E-state index contributed by atoms with van der Waals surface area (Å²) in [6.07, 6.45) is -0.304. The number of benzene rings is 1. The predicted octanol–water partition coefficient (Wildman–Crippen LogP) is 0.763. The standard InChI is InChI=1S/C13H10N2O7S/c16-9(4-8-10(17)15-13(22)23-8)14-7-2-5(11(18)19)1-6(3-7)12(20)21/h1-3,8H,4H2,(H,14,16)(H,18,19)(H,20,21)(H,15,17,22)/t8-/m0/s1. The van der Waals surface area contributed by atoms with Gasteiger partial charge in [0.05, 0.1) is 11.1 Å². The maximum absolute atomic E-state index is 11.9. The second-order valence-electron chi connectivity index (χ2n) is 4.54. The molecule has 2 rings (SSSR count). The van der Waals surface area contributed by atoms with Crippen LogP contribution in [0.25, 0.3) is 0 Å². The minimum atomic E-state index is -1.35. The van der Waals surface area contributed by atoms with E-state index in [1.54, 1.807) is 0 Å². The average molecular weight is 338 g/mol. The lowest BCUT2D eigenvalue weighted by molar-refractivity contribution is -0.122. The molecule has 0 bridgehead atoms. The van der Waals surface area contributed by atoms with E-state index < -0.39 is 34.2 Å². The Morgan fingerprint density at radius 3 is 2.09 bits per heavy atom. The lowest BCUT2D eigenvalue weighted by atomic mass is 10.1. The molecule has 10 heteroatoms. The number of nitrogens with one attached hydrogen (secondary N) is 2. The minimum Gasteiger partial charge on any atom is -0.478 e. The first-order valence-electron chi connectivity index (χ1n) is 6.19. The van der Waals surface area contributed by atoms with Crippen molar-refractivity contribution in [3.05, 3.63) is 29.3 Å². The highest BCUT2D eigenvalue weighted by Gasteiger charge is 2.33. The van der Waals surface area contributed by atoms with Gasteiger partial charge in [0, 0.05) is 12.1 Å². The zero-order valence-corrected chi connectivity index (χ0v) is 12.2. The highest BCUT2D eigenvalue weighted by atomic mass is 32.2. The average Bonchev–Trinajstić information content (AvgIpc) is 2.76. The SMILES string of the molecule is O=C(C[C@@H]1SC(=O)NC1=O)Nc1cc(C(=O)O)cc(C(=O)O)c1. The van der Waals surface area contributed by atoms with Gasteiger partial charge in [-0.1, -0.05) is 11.8 Å². The summed E-state index contributed by atoms with van der Waals surface area (Å²) >= 11 is 0.680. The summed E-state index contributed by atoms with van der Waals surface area (Å²) in [7, 11) is 0. The second-order valence-corrected chi connectivity index (χ2v) is 5.72. The van der Waals surface area contributed by atoms with Gasteiger partial charge < -0.3 is 15.5 Å². The van der Waals surface area contributed by atoms with Gasteiger partial charge in [-0.05, 0) is 18.2 Å². The Morgan fingerprint density at radius 1 is 1.09 bits per heavy atom. The predicted molar refractivity (Wildman–Crippen MR) is 78.5 cm³/mol. The summed E-state index contributed by atoms with van der Waals surface area (Å²) in [5.41, 5.74) is -0.631. The minimum absolute atomic E-state index is 0.0259. The highest BCUT2D eigenvalue weighted by molar-refractivity contribution is 8.15. The number of carboxylic acids is 2. The molecule has 0 saturated carbocycles. The number of imide groups is 1. The van der Waals surface area contributed by atoms with Gasteiger partial charge in [0.1, 0.15) is 5.25 Å². The second kappa shape index (κ2) is 6.48. The van der Waals surface area contributed by atoms with Gasteiger partial charge in [-0.3, -0.25) is 19.7 Å². The normalized spacial score (nSPS) is 16.8. The molecule has 1 atom stereocenters. The van der Waals surface area contributed by atoms with E-state index in [1.807, 2.05) is 5.32 Å². The number of hydrogen-bond acceptors (Lipinski definition) is 6. The third kappa shape index (κ3) is 4.07. The van der Waals surface area contributed by atoms with Crippen molar-refractivity contribution in [1.29, 1.82) is 0 Å². The van der Waals surface area contributed by atoms with Crippen LogP contribution in [0.1, 0.15) is 27.1 Å². The Bertz CT molecular complexity index is 699. The van der Waals surface area contributed by atoms with Crippen LogP contribution in [-0.4, -0.2) is 44.5 Å². The van der Waals surface area contributed by atoms with Gasteiger partial charge in [0.2, 0.25) is 11.8 Å². The molecule has 1 aromatic carbocycles. The number of amides is 3. The van der Waals surface area contributed by atoms with E-state index in [4.69, 9.17) is 10.2 Å². The maximum atomic E-state index is 11.9. The summed E-state index contributed by atoms with van der Waals surface area (Å²) in [4.78, 5) is 56.2. The van der Waals surface area contributed by atoms with Crippen LogP contribution in [-0.2, 0) is 9.59 Å². The van der Waals surface area contributed by atoms with Gasteiger partial charge in [0.15, 0.2) is 0 Å². The van der Waals surface area contributed by atoms with E-state index in [2.05, 4.69) is 5.32 Å². The molecule has 1 aromatic rings. The molecule has 0 radical (unpaired) electrons. The van der Waals surface area contributed by atoms with E-state index in [-0.39, 0.29) is 23.2 Å². The Hall–Kier alpha value is -2.88. The Kier molecular flexibility index (Phi) is 4.65. The van der Waals surface area contributed by atoms with Crippen LogP contribution in [0.15, 0.2) is 18.2 Å². The van der Waals surface area contributed by atoms with E-state index in [0.29, 0.717) is 11.8 Å². The molecule has 0 spiro atoms. The van der Waals surface area contributed by atoms with Gasteiger partial charge in [-0.15, -0.1) is 0 Å². The van der Waals surface area contributed by atoms with E-state index in [1.165, 1.54) is 0 Å². The molecule has 120 valence electrons. The number of carbonyl (C=O) groups is 5. The van der Waals surface area contributed by atoms with Crippen molar-refractivity contribution >= 4 is 46.4 Å².